The summed E-state index contributed by atoms with van der Waals surface area (Å²) >= 11 is 0. The molecule has 0 amide bonds. The number of aliphatic hydroxyl groups is 1. The quantitative estimate of drug-likeness (QED) is 0.875. The summed E-state index contributed by atoms with van der Waals surface area (Å²) in [5, 5.41) is 9.72. The molecular formula is C17H27NO3S. The van der Waals surface area contributed by atoms with Gasteiger partial charge in [-0.3, -0.25) is 0 Å². The van der Waals surface area contributed by atoms with E-state index in [9.17, 15) is 13.5 Å². The van der Waals surface area contributed by atoms with Crippen LogP contribution in [0.1, 0.15) is 48.8 Å². The number of nitrogens with one attached hydrogen (secondary N) is 1. The number of benzene rings is 1. The fraction of sp³-hybridized carbons (Fsp3) is 0.647. The Labute approximate surface area is 134 Å². The molecule has 0 unspecified atom stereocenters. The first-order valence-electron chi connectivity index (χ1n) is 7.98. The van der Waals surface area contributed by atoms with Crippen LogP contribution in [0.5, 0.6) is 0 Å². The molecule has 1 aliphatic carbocycles. The molecule has 0 spiro atoms. The molecule has 5 heteroatoms. The molecule has 22 heavy (non-hydrogen) atoms. The van der Waals surface area contributed by atoms with Gasteiger partial charge in [-0.2, -0.15) is 0 Å². The predicted octanol–water partition coefficient (Wildman–Crippen LogP) is 2.83. The van der Waals surface area contributed by atoms with Crippen molar-refractivity contribution in [1.82, 2.24) is 4.72 Å². The minimum atomic E-state index is -3.55. The monoisotopic (exact) mass is 325 g/mol. The summed E-state index contributed by atoms with van der Waals surface area (Å²) in [5.74, 6) is 0. The van der Waals surface area contributed by atoms with Crippen molar-refractivity contribution >= 4 is 10.0 Å². The maximum atomic E-state index is 12.7. The van der Waals surface area contributed by atoms with Crippen LogP contribution >= 0.6 is 0 Å². The van der Waals surface area contributed by atoms with Gasteiger partial charge in [-0.25, -0.2) is 13.1 Å². The largest absolute Gasteiger partial charge is 0.396 e. The Kier molecular flexibility index (Phi) is 5.30. The minimum Gasteiger partial charge on any atom is -0.396 e. The third-order valence-corrected chi connectivity index (χ3v) is 6.47. The zero-order valence-electron chi connectivity index (χ0n) is 13.8. The number of hydrogen-bond acceptors (Lipinski definition) is 3. The molecule has 0 atom stereocenters. The lowest BCUT2D eigenvalue weighted by atomic mass is 9.75. The van der Waals surface area contributed by atoms with Gasteiger partial charge in [0.15, 0.2) is 0 Å². The highest BCUT2D eigenvalue weighted by atomic mass is 32.2. The Morgan fingerprint density at radius 3 is 2.14 bits per heavy atom. The topological polar surface area (TPSA) is 66.4 Å². The van der Waals surface area contributed by atoms with Gasteiger partial charge in [-0.05, 0) is 44.7 Å². The van der Waals surface area contributed by atoms with Crippen LogP contribution in [-0.2, 0) is 10.0 Å². The minimum absolute atomic E-state index is 0.0430. The van der Waals surface area contributed by atoms with Crippen molar-refractivity contribution in [1.29, 1.82) is 0 Å². The van der Waals surface area contributed by atoms with E-state index < -0.39 is 10.0 Å². The molecule has 0 radical (unpaired) electrons. The molecule has 1 saturated carbocycles. The molecule has 1 fully saturated rings. The molecule has 2 N–H and O–H groups in total. The Morgan fingerprint density at radius 2 is 1.64 bits per heavy atom. The molecule has 0 aliphatic heterocycles. The van der Waals surface area contributed by atoms with Crippen LogP contribution in [0.4, 0.5) is 0 Å². The molecule has 0 saturated heterocycles. The van der Waals surface area contributed by atoms with E-state index in [0.29, 0.717) is 11.4 Å². The summed E-state index contributed by atoms with van der Waals surface area (Å²) in [6, 6.07) is 3.79. The van der Waals surface area contributed by atoms with Crippen molar-refractivity contribution in [2.45, 2.75) is 57.8 Å². The maximum absolute atomic E-state index is 12.7. The fourth-order valence-electron chi connectivity index (χ4n) is 3.60. The summed E-state index contributed by atoms with van der Waals surface area (Å²) < 4.78 is 28.1. The average Bonchev–Trinajstić information content (AvgIpc) is 2.45. The van der Waals surface area contributed by atoms with Gasteiger partial charge >= 0.3 is 0 Å². The first kappa shape index (κ1) is 17.4. The standard InChI is InChI=1S/C17H27NO3S/c1-13-9-14(2)16(15(3)10-13)22(20,21)18-11-17(12-19)7-5-4-6-8-17/h9-10,18-19H,4-8,11-12H2,1-3H3. The van der Waals surface area contributed by atoms with Gasteiger partial charge in [0.2, 0.25) is 10.0 Å². The van der Waals surface area contributed by atoms with Crippen LogP contribution in [-0.4, -0.2) is 26.7 Å². The van der Waals surface area contributed by atoms with E-state index in [1.165, 1.54) is 6.42 Å². The second-order valence-electron chi connectivity index (χ2n) is 6.77. The van der Waals surface area contributed by atoms with E-state index in [-0.39, 0.29) is 12.0 Å². The molecule has 0 bridgehead atoms. The zero-order valence-corrected chi connectivity index (χ0v) is 14.6. The molecule has 0 aromatic heterocycles. The van der Waals surface area contributed by atoms with Gasteiger partial charge in [0.1, 0.15) is 0 Å². The number of aryl methyl sites for hydroxylation is 3. The van der Waals surface area contributed by atoms with Crippen molar-refractivity contribution < 1.29 is 13.5 Å². The Hall–Kier alpha value is -0.910. The summed E-state index contributed by atoms with van der Waals surface area (Å²) in [6.07, 6.45) is 5.07. The molecule has 1 aromatic rings. The average molecular weight is 325 g/mol. The Morgan fingerprint density at radius 1 is 1.09 bits per heavy atom. The van der Waals surface area contributed by atoms with E-state index >= 15 is 0 Å². The first-order chi connectivity index (χ1) is 10.3. The van der Waals surface area contributed by atoms with Crippen LogP contribution in [0, 0.1) is 26.2 Å². The number of aliphatic hydroxyl groups excluding tert-OH is 1. The van der Waals surface area contributed by atoms with E-state index in [1.807, 2.05) is 32.9 Å². The lowest BCUT2D eigenvalue weighted by Gasteiger charge is -2.35. The predicted molar refractivity (Wildman–Crippen MR) is 88.4 cm³/mol. The zero-order chi connectivity index (χ0) is 16.4. The Bertz CT molecular complexity index is 608. The van der Waals surface area contributed by atoms with Crippen molar-refractivity contribution in [3.05, 3.63) is 28.8 Å². The third kappa shape index (κ3) is 3.70. The van der Waals surface area contributed by atoms with Gasteiger partial charge in [-0.1, -0.05) is 37.0 Å². The van der Waals surface area contributed by atoms with Crippen LogP contribution in [0.2, 0.25) is 0 Å². The van der Waals surface area contributed by atoms with Crippen LogP contribution in [0.3, 0.4) is 0 Å². The van der Waals surface area contributed by atoms with Gasteiger partial charge < -0.3 is 5.11 Å². The second-order valence-corrected chi connectivity index (χ2v) is 8.47. The fourth-order valence-corrected chi connectivity index (χ4v) is 5.21. The summed E-state index contributed by atoms with van der Waals surface area (Å²) in [7, 11) is -3.55. The van der Waals surface area contributed by atoms with Crippen molar-refractivity contribution in [3.63, 3.8) is 0 Å². The molecule has 1 aromatic carbocycles. The molecule has 4 nitrogen and oxygen atoms in total. The normalized spacial score (nSPS) is 18.4. The lowest BCUT2D eigenvalue weighted by Crippen LogP contribution is -2.41. The third-order valence-electron chi connectivity index (χ3n) is 4.76. The highest BCUT2D eigenvalue weighted by molar-refractivity contribution is 7.89. The van der Waals surface area contributed by atoms with E-state index in [4.69, 9.17) is 0 Å². The van der Waals surface area contributed by atoms with Crippen molar-refractivity contribution in [2.24, 2.45) is 5.41 Å². The van der Waals surface area contributed by atoms with Crippen LogP contribution < -0.4 is 4.72 Å². The van der Waals surface area contributed by atoms with Crippen LogP contribution in [0.15, 0.2) is 17.0 Å². The smallest absolute Gasteiger partial charge is 0.241 e. The Balaban J connectivity index is 2.21. The van der Waals surface area contributed by atoms with E-state index in [1.54, 1.807) is 0 Å². The van der Waals surface area contributed by atoms with E-state index in [0.717, 1.165) is 42.4 Å². The summed E-state index contributed by atoms with van der Waals surface area (Å²) in [6.45, 7) is 5.99. The highest BCUT2D eigenvalue weighted by Crippen LogP contribution is 2.35. The molecule has 0 heterocycles. The van der Waals surface area contributed by atoms with Gasteiger partial charge in [0.25, 0.3) is 0 Å². The summed E-state index contributed by atoms with van der Waals surface area (Å²) in [5.41, 5.74) is 2.31. The molecular weight excluding hydrogens is 298 g/mol. The number of hydrogen-bond donors (Lipinski definition) is 2. The van der Waals surface area contributed by atoms with Crippen molar-refractivity contribution in [2.75, 3.05) is 13.2 Å². The van der Waals surface area contributed by atoms with Gasteiger partial charge in [-0.15, -0.1) is 0 Å². The molecule has 2 rings (SSSR count). The SMILES string of the molecule is Cc1cc(C)c(S(=O)(=O)NCC2(CO)CCCCC2)c(C)c1. The first-order valence-corrected chi connectivity index (χ1v) is 9.46. The molecule has 1 aliphatic rings. The molecule has 124 valence electrons. The van der Waals surface area contributed by atoms with Crippen LogP contribution in [0.25, 0.3) is 0 Å². The van der Waals surface area contributed by atoms with Gasteiger partial charge in [0.05, 0.1) is 4.90 Å². The second kappa shape index (κ2) is 6.69. The highest BCUT2D eigenvalue weighted by Gasteiger charge is 2.33. The summed E-state index contributed by atoms with van der Waals surface area (Å²) in [4.78, 5) is 0.377. The van der Waals surface area contributed by atoms with E-state index in [2.05, 4.69) is 4.72 Å². The number of rotatable bonds is 5. The maximum Gasteiger partial charge on any atom is 0.241 e. The number of sulfonamides is 1. The van der Waals surface area contributed by atoms with Gasteiger partial charge in [0, 0.05) is 18.6 Å². The van der Waals surface area contributed by atoms with Crippen molar-refractivity contribution in [3.8, 4) is 0 Å². The lowest BCUT2D eigenvalue weighted by molar-refractivity contribution is 0.0867.